The monoisotopic (exact) mass is 417 g/mol. The minimum atomic E-state index is -0.331. The lowest BCUT2D eigenvalue weighted by Crippen LogP contribution is -2.46. The third kappa shape index (κ3) is 3.70. The van der Waals surface area contributed by atoms with Gasteiger partial charge in [-0.2, -0.15) is 4.98 Å². The Labute approximate surface area is 177 Å². The zero-order valence-corrected chi connectivity index (χ0v) is 16.5. The lowest BCUT2D eigenvalue weighted by atomic mass is 10.1. The lowest BCUT2D eigenvalue weighted by molar-refractivity contribution is -0.111. The molecule has 0 atom stereocenters. The van der Waals surface area contributed by atoms with E-state index in [9.17, 15) is 9.59 Å². The number of carbonyl (C=O) groups is 2. The summed E-state index contributed by atoms with van der Waals surface area (Å²) in [6.45, 7) is 3.92. The number of aromatic nitrogens is 3. The van der Waals surface area contributed by atoms with Crippen LogP contribution in [0.3, 0.4) is 0 Å². The average molecular weight is 417 g/mol. The summed E-state index contributed by atoms with van der Waals surface area (Å²) in [5, 5.41) is 5.67. The van der Waals surface area contributed by atoms with Gasteiger partial charge in [0.15, 0.2) is 12.2 Å². The molecule has 2 N–H and O–H groups in total. The highest BCUT2D eigenvalue weighted by Crippen LogP contribution is 2.39. The fourth-order valence-electron chi connectivity index (χ4n) is 3.44. The van der Waals surface area contributed by atoms with Crippen LogP contribution in [0.25, 0.3) is 0 Å². The third-order valence-electron chi connectivity index (χ3n) is 5.04. The van der Waals surface area contributed by atoms with Crippen LogP contribution in [-0.4, -0.2) is 37.8 Å². The fraction of sp³-hybridized carbons (Fsp3) is 0.190. The molecule has 1 saturated carbocycles. The number of hydrogen-bond donors (Lipinski definition) is 2. The van der Waals surface area contributed by atoms with Gasteiger partial charge in [-0.1, -0.05) is 12.6 Å². The van der Waals surface area contributed by atoms with E-state index in [-0.39, 0.29) is 23.9 Å². The van der Waals surface area contributed by atoms with E-state index >= 15 is 0 Å². The first-order valence-electron chi connectivity index (χ1n) is 9.78. The van der Waals surface area contributed by atoms with Crippen LogP contribution in [0, 0.1) is 0 Å². The maximum atomic E-state index is 13.4. The Kier molecular flexibility index (Phi) is 4.58. The Hall–Kier alpha value is -4.21. The molecular formula is C21H19N7O3. The number of hydrogen-bond acceptors (Lipinski definition) is 7. The second-order valence-electron chi connectivity index (χ2n) is 7.25. The SMILES string of the molecule is C=CC(=O)Nc1cccc(N2C(=O)N(C3CC3)Cc3cnc(Nc4cnco4)nc32)c1. The molecule has 1 aliphatic heterocycles. The van der Waals surface area contributed by atoms with Crippen molar-refractivity contribution in [1.82, 2.24) is 19.9 Å². The summed E-state index contributed by atoms with van der Waals surface area (Å²) in [4.78, 5) is 41.3. The van der Waals surface area contributed by atoms with Gasteiger partial charge in [-0.05, 0) is 37.1 Å². The van der Waals surface area contributed by atoms with E-state index in [1.807, 2.05) is 4.90 Å². The molecule has 31 heavy (non-hydrogen) atoms. The number of fused-ring (bicyclic) bond motifs is 1. The minimum Gasteiger partial charge on any atom is -0.428 e. The number of nitrogens with zero attached hydrogens (tertiary/aromatic N) is 5. The zero-order valence-electron chi connectivity index (χ0n) is 16.5. The van der Waals surface area contributed by atoms with Crippen molar-refractivity contribution in [2.75, 3.05) is 15.5 Å². The number of benzene rings is 1. The molecule has 2 aromatic heterocycles. The standard InChI is InChI=1S/C21H19N7O3/c1-2-17(29)24-14-4-3-5-16(8-14)28-19-13(11-27(21(28)30)15-6-7-15)9-23-20(26-19)25-18-10-22-12-31-18/h2-5,8-10,12,15H,1,6-7,11H2,(H,24,29)(H,23,25,26). The predicted octanol–water partition coefficient (Wildman–Crippen LogP) is 3.57. The third-order valence-corrected chi connectivity index (χ3v) is 5.04. The van der Waals surface area contributed by atoms with Crippen molar-refractivity contribution < 1.29 is 14.0 Å². The molecular weight excluding hydrogens is 398 g/mol. The molecule has 156 valence electrons. The second-order valence-corrected chi connectivity index (χ2v) is 7.25. The molecule has 0 spiro atoms. The van der Waals surface area contributed by atoms with Gasteiger partial charge in [-0.3, -0.25) is 10.1 Å². The first-order valence-corrected chi connectivity index (χ1v) is 9.78. The van der Waals surface area contributed by atoms with E-state index in [0.29, 0.717) is 29.6 Å². The number of nitrogens with one attached hydrogen (secondary N) is 2. The van der Waals surface area contributed by atoms with Crippen LogP contribution in [0.4, 0.5) is 33.8 Å². The predicted molar refractivity (Wildman–Crippen MR) is 113 cm³/mol. The van der Waals surface area contributed by atoms with Gasteiger partial charge >= 0.3 is 6.03 Å². The molecule has 3 heterocycles. The van der Waals surface area contributed by atoms with Gasteiger partial charge < -0.3 is 14.6 Å². The van der Waals surface area contributed by atoms with Gasteiger partial charge in [-0.15, -0.1) is 0 Å². The number of rotatable bonds is 6. The first kappa shape index (κ1) is 18.8. The lowest BCUT2D eigenvalue weighted by Gasteiger charge is -2.36. The largest absolute Gasteiger partial charge is 0.428 e. The van der Waals surface area contributed by atoms with E-state index < -0.39 is 0 Å². The summed E-state index contributed by atoms with van der Waals surface area (Å²) in [6.07, 6.45) is 7.67. The van der Waals surface area contributed by atoms with Crippen LogP contribution in [0.15, 0.2) is 60.1 Å². The van der Waals surface area contributed by atoms with E-state index in [2.05, 4.69) is 32.2 Å². The second kappa shape index (κ2) is 7.56. The molecule has 10 nitrogen and oxygen atoms in total. The molecule has 1 aliphatic carbocycles. The summed E-state index contributed by atoms with van der Waals surface area (Å²) in [7, 11) is 0. The Morgan fingerprint density at radius 1 is 1.29 bits per heavy atom. The molecule has 2 aliphatic rings. The highest BCUT2D eigenvalue weighted by atomic mass is 16.4. The van der Waals surface area contributed by atoms with Gasteiger partial charge in [0, 0.05) is 23.5 Å². The normalized spacial score (nSPS) is 15.4. The Bertz CT molecular complexity index is 1160. The molecule has 1 aromatic carbocycles. The van der Waals surface area contributed by atoms with Crippen molar-refractivity contribution in [2.45, 2.75) is 25.4 Å². The smallest absolute Gasteiger partial charge is 0.330 e. The molecule has 0 unspecified atom stereocenters. The summed E-state index contributed by atoms with van der Waals surface area (Å²) in [6, 6.07) is 7.10. The van der Waals surface area contributed by atoms with Gasteiger partial charge in [0.1, 0.15) is 0 Å². The molecule has 0 saturated heterocycles. The van der Waals surface area contributed by atoms with Gasteiger partial charge in [-0.25, -0.2) is 19.7 Å². The maximum Gasteiger partial charge on any atom is 0.330 e. The average Bonchev–Trinajstić information content (AvgIpc) is 3.49. The number of oxazole rings is 1. The van der Waals surface area contributed by atoms with E-state index in [1.54, 1.807) is 35.4 Å². The van der Waals surface area contributed by atoms with Crippen LogP contribution in [0.1, 0.15) is 18.4 Å². The van der Waals surface area contributed by atoms with Crippen LogP contribution in [-0.2, 0) is 11.3 Å². The summed E-state index contributed by atoms with van der Waals surface area (Å²) in [5.41, 5.74) is 1.97. The summed E-state index contributed by atoms with van der Waals surface area (Å²) < 4.78 is 5.19. The molecule has 5 rings (SSSR count). The number of carbonyl (C=O) groups excluding carboxylic acids is 2. The zero-order chi connectivity index (χ0) is 21.4. The highest BCUT2D eigenvalue weighted by Gasteiger charge is 2.41. The summed E-state index contributed by atoms with van der Waals surface area (Å²) in [5.74, 6) is 0.820. The van der Waals surface area contributed by atoms with Crippen molar-refractivity contribution in [3.05, 3.63) is 61.3 Å². The molecule has 0 bridgehead atoms. The summed E-state index contributed by atoms with van der Waals surface area (Å²) >= 11 is 0. The Morgan fingerprint density at radius 2 is 2.16 bits per heavy atom. The minimum absolute atomic E-state index is 0.161. The first-order chi connectivity index (χ1) is 15.1. The molecule has 1 fully saturated rings. The highest BCUT2D eigenvalue weighted by molar-refractivity contribution is 6.03. The van der Waals surface area contributed by atoms with Crippen molar-refractivity contribution >= 4 is 41.0 Å². The van der Waals surface area contributed by atoms with E-state index in [1.165, 1.54) is 18.7 Å². The van der Waals surface area contributed by atoms with Crippen molar-refractivity contribution in [3.8, 4) is 0 Å². The van der Waals surface area contributed by atoms with E-state index in [4.69, 9.17) is 4.42 Å². The molecule has 10 heteroatoms. The van der Waals surface area contributed by atoms with Gasteiger partial charge in [0.25, 0.3) is 0 Å². The molecule has 3 aromatic rings. The maximum absolute atomic E-state index is 13.4. The van der Waals surface area contributed by atoms with Crippen molar-refractivity contribution in [2.24, 2.45) is 0 Å². The van der Waals surface area contributed by atoms with Crippen molar-refractivity contribution in [3.63, 3.8) is 0 Å². The number of amides is 3. The van der Waals surface area contributed by atoms with Gasteiger partial charge in [0.05, 0.1) is 18.4 Å². The quantitative estimate of drug-likeness (QED) is 0.589. The topological polar surface area (TPSA) is 116 Å². The van der Waals surface area contributed by atoms with Crippen LogP contribution in [0.2, 0.25) is 0 Å². The van der Waals surface area contributed by atoms with Crippen molar-refractivity contribution in [1.29, 1.82) is 0 Å². The number of anilines is 5. The Morgan fingerprint density at radius 3 is 2.90 bits per heavy atom. The number of urea groups is 1. The Balaban J connectivity index is 1.55. The van der Waals surface area contributed by atoms with Crippen LogP contribution in [0.5, 0.6) is 0 Å². The van der Waals surface area contributed by atoms with E-state index in [0.717, 1.165) is 18.4 Å². The van der Waals surface area contributed by atoms with Gasteiger partial charge in [0.2, 0.25) is 17.7 Å². The van der Waals surface area contributed by atoms with Crippen LogP contribution < -0.4 is 15.5 Å². The molecule has 3 amide bonds. The molecule has 0 radical (unpaired) electrons. The fourth-order valence-corrected chi connectivity index (χ4v) is 3.44. The van der Waals surface area contributed by atoms with Crippen LogP contribution >= 0.6 is 0 Å².